The van der Waals surface area contributed by atoms with Crippen LogP contribution in [0.4, 0.5) is 0 Å². The zero-order valence-electron chi connectivity index (χ0n) is 15.9. The first-order valence-corrected chi connectivity index (χ1v) is 9.71. The number of para-hydroxylation sites is 2. The lowest BCUT2D eigenvalue weighted by atomic mass is 9.91. The number of allylic oxidation sites excluding steroid dienone is 1. The molecule has 1 aromatic carbocycles. The average molecular weight is 361 g/mol. The van der Waals surface area contributed by atoms with E-state index in [9.17, 15) is 0 Å². The first kappa shape index (κ1) is 17.9. The maximum atomic E-state index is 5.62. The molecule has 1 atom stereocenters. The Balaban J connectivity index is 1.63. The first-order chi connectivity index (χ1) is 13.3. The Hall–Kier alpha value is -2.50. The van der Waals surface area contributed by atoms with Gasteiger partial charge in [-0.05, 0) is 50.1 Å². The Bertz CT molecular complexity index is 943. The molecule has 2 heterocycles. The SMILES string of the molecule is CN(Cc1nc2ccccc2n1C/C=C/CN)C1CCCc2cccnc21. The van der Waals surface area contributed by atoms with Crippen LogP contribution in [0, 0.1) is 0 Å². The van der Waals surface area contributed by atoms with Crippen molar-refractivity contribution < 1.29 is 0 Å². The molecule has 2 aromatic heterocycles. The molecule has 27 heavy (non-hydrogen) atoms. The molecule has 0 saturated carbocycles. The molecule has 5 heteroatoms. The van der Waals surface area contributed by atoms with Gasteiger partial charge in [-0.25, -0.2) is 4.98 Å². The molecule has 1 unspecified atom stereocenters. The molecule has 0 saturated heterocycles. The maximum absolute atomic E-state index is 5.62. The van der Waals surface area contributed by atoms with Gasteiger partial charge in [-0.2, -0.15) is 0 Å². The van der Waals surface area contributed by atoms with Crippen LogP contribution in [0.3, 0.4) is 0 Å². The topological polar surface area (TPSA) is 60.0 Å². The number of nitrogens with zero attached hydrogens (tertiary/aromatic N) is 4. The number of hydrogen-bond donors (Lipinski definition) is 1. The zero-order chi connectivity index (χ0) is 18.6. The predicted molar refractivity (Wildman–Crippen MR) is 109 cm³/mol. The third-order valence-electron chi connectivity index (χ3n) is 5.41. The summed E-state index contributed by atoms with van der Waals surface area (Å²) >= 11 is 0. The summed E-state index contributed by atoms with van der Waals surface area (Å²) in [6.07, 6.45) is 9.53. The highest BCUT2D eigenvalue weighted by Crippen LogP contribution is 2.32. The quantitative estimate of drug-likeness (QED) is 0.683. The second-order valence-electron chi connectivity index (χ2n) is 7.21. The minimum atomic E-state index is 0.350. The number of pyridine rings is 1. The maximum Gasteiger partial charge on any atom is 0.124 e. The smallest absolute Gasteiger partial charge is 0.124 e. The van der Waals surface area contributed by atoms with Gasteiger partial charge in [0, 0.05) is 19.3 Å². The van der Waals surface area contributed by atoms with Crippen LogP contribution in [0.2, 0.25) is 0 Å². The Morgan fingerprint density at radius 2 is 2.11 bits per heavy atom. The summed E-state index contributed by atoms with van der Waals surface area (Å²) < 4.78 is 2.29. The van der Waals surface area contributed by atoms with E-state index in [2.05, 4.69) is 46.9 Å². The van der Waals surface area contributed by atoms with E-state index in [0.717, 1.165) is 37.3 Å². The van der Waals surface area contributed by atoms with Crippen molar-refractivity contribution in [2.75, 3.05) is 13.6 Å². The summed E-state index contributed by atoms with van der Waals surface area (Å²) in [6.45, 7) is 2.15. The molecular weight excluding hydrogens is 334 g/mol. The Kier molecular flexibility index (Phi) is 5.32. The van der Waals surface area contributed by atoms with Crippen LogP contribution < -0.4 is 5.73 Å². The fraction of sp³-hybridized carbons (Fsp3) is 0.364. The van der Waals surface area contributed by atoms with Gasteiger partial charge < -0.3 is 10.3 Å². The van der Waals surface area contributed by atoms with E-state index in [0.29, 0.717) is 12.6 Å². The van der Waals surface area contributed by atoms with Crippen LogP contribution in [0.5, 0.6) is 0 Å². The number of aryl methyl sites for hydroxylation is 1. The fourth-order valence-corrected chi connectivity index (χ4v) is 4.07. The second-order valence-corrected chi connectivity index (χ2v) is 7.21. The molecule has 1 aliphatic carbocycles. The number of aromatic nitrogens is 3. The van der Waals surface area contributed by atoms with Crippen molar-refractivity contribution in [1.82, 2.24) is 19.4 Å². The summed E-state index contributed by atoms with van der Waals surface area (Å²) in [4.78, 5) is 12.0. The number of imidazole rings is 1. The minimum Gasteiger partial charge on any atom is -0.327 e. The third kappa shape index (κ3) is 3.66. The Morgan fingerprint density at radius 3 is 3.00 bits per heavy atom. The molecule has 0 amide bonds. The average Bonchev–Trinajstić information content (AvgIpc) is 3.05. The van der Waals surface area contributed by atoms with Gasteiger partial charge in [0.05, 0.1) is 29.3 Å². The monoisotopic (exact) mass is 361 g/mol. The summed E-state index contributed by atoms with van der Waals surface area (Å²) in [5.74, 6) is 1.09. The Labute approximate surface area is 160 Å². The van der Waals surface area contributed by atoms with E-state index in [-0.39, 0.29) is 0 Å². The summed E-state index contributed by atoms with van der Waals surface area (Å²) in [5, 5.41) is 0. The van der Waals surface area contributed by atoms with E-state index < -0.39 is 0 Å². The lowest BCUT2D eigenvalue weighted by Crippen LogP contribution is -2.29. The van der Waals surface area contributed by atoms with E-state index in [1.807, 2.05) is 24.4 Å². The van der Waals surface area contributed by atoms with Crippen molar-refractivity contribution in [2.45, 2.75) is 38.4 Å². The molecule has 5 nitrogen and oxygen atoms in total. The van der Waals surface area contributed by atoms with Crippen LogP contribution >= 0.6 is 0 Å². The lowest BCUT2D eigenvalue weighted by Gasteiger charge is -2.32. The molecule has 3 aromatic rings. The van der Waals surface area contributed by atoms with Gasteiger partial charge in [-0.3, -0.25) is 9.88 Å². The number of benzene rings is 1. The largest absolute Gasteiger partial charge is 0.327 e. The molecular formula is C22H27N5. The predicted octanol–water partition coefficient (Wildman–Crippen LogP) is 3.46. The van der Waals surface area contributed by atoms with E-state index >= 15 is 0 Å². The van der Waals surface area contributed by atoms with Crippen molar-refractivity contribution >= 4 is 11.0 Å². The first-order valence-electron chi connectivity index (χ1n) is 9.71. The molecule has 140 valence electrons. The third-order valence-corrected chi connectivity index (χ3v) is 5.41. The molecule has 4 rings (SSSR count). The Morgan fingerprint density at radius 1 is 1.22 bits per heavy atom. The van der Waals surface area contributed by atoms with Gasteiger partial charge in [0.1, 0.15) is 5.82 Å². The normalized spacial score (nSPS) is 17.1. The van der Waals surface area contributed by atoms with Gasteiger partial charge in [0.25, 0.3) is 0 Å². The zero-order valence-corrected chi connectivity index (χ0v) is 15.9. The lowest BCUT2D eigenvalue weighted by molar-refractivity contribution is 0.202. The van der Waals surface area contributed by atoms with Crippen molar-refractivity contribution in [3.05, 3.63) is 71.8 Å². The van der Waals surface area contributed by atoms with Crippen molar-refractivity contribution in [3.63, 3.8) is 0 Å². The van der Waals surface area contributed by atoms with Crippen LogP contribution in [-0.2, 0) is 19.5 Å². The molecule has 2 N–H and O–H groups in total. The standard InChI is InChI=1S/C22H27N5/c1-26(20-12-6-8-17-9-7-14-24-22(17)20)16-21-25-18-10-2-3-11-19(18)27(21)15-5-4-13-23/h2-5,7,9-11,14,20H,6,8,12-13,15-16,23H2,1H3/b5-4+. The van der Waals surface area contributed by atoms with Crippen molar-refractivity contribution in [3.8, 4) is 0 Å². The van der Waals surface area contributed by atoms with Crippen LogP contribution in [0.1, 0.15) is 36.0 Å². The minimum absolute atomic E-state index is 0.350. The van der Waals surface area contributed by atoms with Gasteiger partial charge in [0.15, 0.2) is 0 Å². The molecule has 0 radical (unpaired) electrons. The number of rotatable bonds is 6. The van der Waals surface area contributed by atoms with Crippen molar-refractivity contribution in [2.24, 2.45) is 5.73 Å². The summed E-state index contributed by atoms with van der Waals surface area (Å²) in [5.41, 5.74) is 10.5. The number of hydrogen-bond acceptors (Lipinski definition) is 4. The fourth-order valence-electron chi connectivity index (χ4n) is 4.07. The highest BCUT2D eigenvalue weighted by atomic mass is 15.2. The van der Waals surface area contributed by atoms with Crippen molar-refractivity contribution in [1.29, 1.82) is 0 Å². The van der Waals surface area contributed by atoms with Crippen LogP contribution in [-0.4, -0.2) is 33.0 Å². The number of nitrogens with two attached hydrogens (primary N) is 1. The molecule has 0 aliphatic heterocycles. The van der Waals surface area contributed by atoms with E-state index in [1.54, 1.807) is 0 Å². The number of fused-ring (bicyclic) bond motifs is 2. The molecule has 0 fully saturated rings. The summed E-state index contributed by atoms with van der Waals surface area (Å²) in [6, 6.07) is 13.0. The molecule has 0 bridgehead atoms. The summed E-state index contributed by atoms with van der Waals surface area (Å²) in [7, 11) is 2.19. The van der Waals surface area contributed by atoms with Gasteiger partial charge in [-0.15, -0.1) is 0 Å². The van der Waals surface area contributed by atoms with Gasteiger partial charge in [-0.1, -0.05) is 30.4 Å². The van der Waals surface area contributed by atoms with Gasteiger partial charge >= 0.3 is 0 Å². The molecule has 0 spiro atoms. The second kappa shape index (κ2) is 8.03. The van der Waals surface area contributed by atoms with E-state index in [1.165, 1.54) is 23.2 Å². The van der Waals surface area contributed by atoms with Crippen LogP contribution in [0.25, 0.3) is 11.0 Å². The highest BCUT2D eigenvalue weighted by molar-refractivity contribution is 5.75. The van der Waals surface area contributed by atoms with Gasteiger partial charge in [0.2, 0.25) is 0 Å². The highest BCUT2D eigenvalue weighted by Gasteiger charge is 2.26. The van der Waals surface area contributed by atoms with E-state index in [4.69, 9.17) is 15.7 Å². The van der Waals surface area contributed by atoms with Crippen LogP contribution in [0.15, 0.2) is 54.7 Å². The molecule has 1 aliphatic rings.